The molecule has 4 rings (SSSR count). The first kappa shape index (κ1) is 27.4. The van der Waals surface area contributed by atoms with Crippen LogP contribution in [0.1, 0.15) is 43.6 Å². The van der Waals surface area contributed by atoms with Crippen LogP contribution in [0.2, 0.25) is 0 Å². The maximum absolute atomic E-state index is 14.0. The summed E-state index contributed by atoms with van der Waals surface area (Å²) in [6, 6.07) is 13.9. The lowest BCUT2D eigenvalue weighted by atomic mass is 9.88. The number of nitrogens with zero attached hydrogens (tertiary/aromatic N) is 5. The number of aryl methyl sites for hydroxylation is 1. The normalized spacial score (nSPS) is 14.4. The Morgan fingerprint density at radius 2 is 1.85 bits per heavy atom. The molecule has 0 bridgehead atoms. The number of nitriles is 1. The molecule has 3 aromatic rings. The monoisotopic (exact) mass is 531 g/mol. The number of amides is 4. The van der Waals surface area contributed by atoms with E-state index in [1.807, 2.05) is 29.8 Å². The average Bonchev–Trinajstić information content (AvgIpc) is 3.60. The van der Waals surface area contributed by atoms with Gasteiger partial charge in [0.05, 0.1) is 35.8 Å². The van der Waals surface area contributed by atoms with E-state index in [-0.39, 0.29) is 12.5 Å². The highest BCUT2D eigenvalue weighted by Crippen LogP contribution is 2.35. The Kier molecular flexibility index (Phi) is 8.04. The Morgan fingerprint density at radius 3 is 2.46 bits per heavy atom. The van der Waals surface area contributed by atoms with E-state index in [9.17, 15) is 14.4 Å². The largest absolute Gasteiger partial charge is 0.449 e. The SMILES string of the molecule is CCOC(=O)N(C(=O)NC)C(C)(C(=O)N1CCCC1)c1ccc2c(c1)nc(CNc1ccc(C#N)cc1)n2C. The van der Waals surface area contributed by atoms with Crippen LogP contribution in [0, 0.1) is 11.3 Å². The number of carbonyl (C=O) groups is 3. The van der Waals surface area contributed by atoms with E-state index in [2.05, 4.69) is 16.7 Å². The number of hydrogen-bond acceptors (Lipinski definition) is 7. The molecule has 0 aliphatic carbocycles. The standard InChI is InChI=1S/C28H33N7O4/c1-5-39-27(38)35(26(37)30-3)28(2,25(36)34-14-6-7-15-34)20-10-13-23-22(16-20)32-24(33(23)4)18-31-21-11-8-19(17-29)9-12-21/h8-13,16,31H,5-7,14-15,18H2,1-4H3,(H,30,37). The summed E-state index contributed by atoms with van der Waals surface area (Å²) in [5.41, 5.74) is 1.66. The first-order valence-corrected chi connectivity index (χ1v) is 12.9. The number of urea groups is 1. The summed E-state index contributed by atoms with van der Waals surface area (Å²) in [4.78, 5) is 47.5. The van der Waals surface area contributed by atoms with E-state index in [4.69, 9.17) is 15.0 Å². The number of benzene rings is 2. The van der Waals surface area contributed by atoms with E-state index in [1.165, 1.54) is 7.05 Å². The number of aromatic nitrogens is 2. The van der Waals surface area contributed by atoms with Crippen molar-refractivity contribution in [3.05, 3.63) is 59.4 Å². The first-order valence-electron chi connectivity index (χ1n) is 12.9. The van der Waals surface area contributed by atoms with Crippen molar-refractivity contribution in [2.24, 2.45) is 7.05 Å². The van der Waals surface area contributed by atoms with Crippen molar-refractivity contribution < 1.29 is 19.1 Å². The first-order chi connectivity index (χ1) is 18.7. The summed E-state index contributed by atoms with van der Waals surface area (Å²) in [6.07, 6.45) is 0.812. The zero-order valence-corrected chi connectivity index (χ0v) is 22.7. The third-order valence-electron chi connectivity index (χ3n) is 7.12. The molecule has 204 valence electrons. The third-order valence-corrected chi connectivity index (χ3v) is 7.12. The Hall–Kier alpha value is -4.59. The third kappa shape index (κ3) is 5.23. The number of rotatable bonds is 7. The fourth-order valence-electron chi connectivity index (χ4n) is 4.90. The molecule has 1 unspecified atom stereocenters. The van der Waals surface area contributed by atoms with Gasteiger partial charge in [0, 0.05) is 32.9 Å². The van der Waals surface area contributed by atoms with Crippen LogP contribution in [0.5, 0.6) is 0 Å². The molecule has 0 radical (unpaired) electrons. The second-order valence-corrected chi connectivity index (χ2v) is 9.49. The summed E-state index contributed by atoms with van der Waals surface area (Å²) in [5.74, 6) is 0.391. The van der Waals surface area contributed by atoms with Gasteiger partial charge in [0.2, 0.25) is 0 Å². The molecule has 1 aromatic heterocycles. The number of fused-ring (bicyclic) bond motifs is 1. The van der Waals surface area contributed by atoms with Crippen LogP contribution < -0.4 is 10.6 Å². The molecule has 39 heavy (non-hydrogen) atoms. The molecule has 0 spiro atoms. The number of hydrogen-bond donors (Lipinski definition) is 2. The number of nitrogens with one attached hydrogen (secondary N) is 2. The van der Waals surface area contributed by atoms with Crippen LogP contribution in [-0.2, 0) is 28.7 Å². The Labute approximate surface area is 227 Å². The molecule has 2 aromatic carbocycles. The quantitative estimate of drug-likeness (QED) is 0.475. The fraction of sp³-hybridized carbons (Fsp3) is 0.393. The van der Waals surface area contributed by atoms with E-state index in [1.54, 1.807) is 43.0 Å². The van der Waals surface area contributed by atoms with Gasteiger partial charge >= 0.3 is 12.1 Å². The van der Waals surface area contributed by atoms with Crippen LogP contribution in [0.4, 0.5) is 15.3 Å². The molecular formula is C28H33N7O4. The lowest BCUT2D eigenvalue weighted by Crippen LogP contribution is -2.61. The van der Waals surface area contributed by atoms with E-state index in [0.29, 0.717) is 36.3 Å². The van der Waals surface area contributed by atoms with Crippen molar-refractivity contribution in [1.82, 2.24) is 24.7 Å². The predicted molar refractivity (Wildman–Crippen MR) is 146 cm³/mol. The maximum Gasteiger partial charge on any atom is 0.419 e. The van der Waals surface area contributed by atoms with Gasteiger partial charge in [-0.3, -0.25) is 4.79 Å². The predicted octanol–water partition coefficient (Wildman–Crippen LogP) is 3.69. The minimum absolute atomic E-state index is 0.0508. The van der Waals surface area contributed by atoms with Gasteiger partial charge in [-0.2, -0.15) is 5.26 Å². The van der Waals surface area contributed by atoms with Gasteiger partial charge in [-0.1, -0.05) is 6.07 Å². The molecule has 4 amide bonds. The molecule has 11 heteroatoms. The molecule has 1 aliphatic rings. The summed E-state index contributed by atoms with van der Waals surface area (Å²) < 4.78 is 7.16. The van der Waals surface area contributed by atoms with Gasteiger partial charge < -0.3 is 24.8 Å². The number of anilines is 1. The zero-order chi connectivity index (χ0) is 28.2. The number of imide groups is 1. The van der Waals surface area contributed by atoms with Crippen LogP contribution in [0.3, 0.4) is 0 Å². The number of carbonyl (C=O) groups excluding carboxylic acids is 3. The molecule has 1 aliphatic heterocycles. The molecule has 11 nitrogen and oxygen atoms in total. The van der Waals surface area contributed by atoms with Crippen molar-refractivity contribution in [3.8, 4) is 6.07 Å². The molecule has 1 saturated heterocycles. The number of imidazole rings is 1. The Morgan fingerprint density at radius 1 is 1.15 bits per heavy atom. The molecule has 1 fully saturated rings. The summed E-state index contributed by atoms with van der Waals surface area (Å²) in [6.45, 7) is 4.80. The number of ether oxygens (including phenoxy) is 1. The van der Waals surface area contributed by atoms with Gasteiger partial charge in [0.25, 0.3) is 5.91 Å². The van der Waals surface area contributed by atoms with Crippen LogP contribution in [0.15, 0.2) is 42.5 Å². The maximum atomic E-state index is 14.0. The highest BCUT2D eigenvalue weighted by molar-refractivity contribution is 6.00. The van der Waals surface area contributed by atoms with Gasteiger partial charge in [-0.05, 0) is 68.7 Å². The van der Waals surface area contributed by atoms with Crippen molar-refractivity contribution in [2.75, 3.05) is 32.1 Å². The topological polar surface area (TPSA) is 133 Å². The van der Waals surface area contributed by atoms with Crippen molar-refractivity contribution in [3.63, 3.8) is 0 Å². The van der Waals surface area contributed by atoms with E-state index >= 15 is 0 Å². The lowest BCUT2D eigenvalue weighted by molar-refractivity contribution is -0.140. The molecule has 2 N–H and O–H groups in total. The molecule has 0 saturated carbocycles. The molecular weight excluding hydrogens is 498 g/mol. The summed E-state index contributed by atoms with van der Waals surface area (Å²) in [7, 11) is 3.30. The van der Waals surface area contributed by atoms with Crippen molar-refractivity contribution >= 4 is 34.8 Å². The van der Waals surface area contributed by atoms with Gasteiger partial charge in [0.1, 0.15) is 5.82 Å². The van der Waals surface area contributed by atoms with Crippen LogP contribution in [0.25, 0.3) is 11.0 Å². The average molecular weight is 532 g/mol. The lowest BCUT2D eigenvalue weighted by Gasteiger charge is -2.40. The van der Waals surface area contributed by atoms with Crippen molar-refractivity contribution in [1.29, 1.82) is 5.26 Å². The van der Waals surface area contributed by atoms with E-state index in [0.717, 1.165) is 34.8 Å². The van der Waals surface area contributed by atoms with Gasteiger partial charge in [0.15, 0.2) is 5.54 Å². The summed E-state index contributed by atoms with van der Waals surface area (Å²) in [5, 5.41) is 14.8. The second-order valence-electron chi connectivity index (χ2n) is 9.49. The van der Waals surface area contributed by atoms with Gasteiger partial charge in [-0.15, -0.1) is 0 Å². The van der Waals surface area contributed by atoms with Gasteiger partial charge in [-0.25, -0.2) is 19.5 Å². The molecule has 2 heterocycles. The molecule has 1 atom stereocenters. The highest BCUT2D eigenvalue weighted by Gasteiger charge is 2.50. The summed E-state index contributed by atoms with van der Waals surface area (Å²) >= 11 is 0. The minimum Gasteiger partial charge on any atom is -0.449 e. The van der Waals surface area contributed by atoms with Crippen LogP contribution >= 0.6 is 0 Å². The minimum atomic E-state index is -1.66. The van der Waals surface area contributed by atoms with Crippen LogP contribution in [-0.4, -0.2) is 64.1 Å². The smallest absolute Gasteiger partial charge is 0.419 e. The zero-order valence-electron chi connectivity index (χ0n) is 22.7. The Balaban J connectivity index is 1.74. The number of likely N-dealkylation sites (tertiary alicyclic amines) is 1. The second kappa shape index (κ2) is 11.4. The van der Waals surface area contributed by atoms with E-state index < -0.39 is 17.7 Å². The Bertz CT molecular complexity index is 1420. The highest BCUT2D eigenvalue weighted by atomic mass is 16.6. The fourth-order valence-corrected chi connectivity index (χ4v) is 4.90. The van der Waals surface area contributed by atoms with Crippen molar-refractivity contribution in [2.45, 2.75) is 38.8 Å².